The Hall–Kier alpha value is -3.20. The molecule has 0 radical (unpaired) electrons. The number of hydrogen-bond acceptors (Lipinski definition) is 5. The van der Waals surface area contributed by atoms with Gasteiger partial charge in [0.1, 0.15) is 18.6 Å². The Bertz CT molecular complexity index is 858. The predicted octanol–water partition coefficient (Wildman–Crippen LogP) is 2.16. The molecule has 0 saturated carbocycles. The first-order chi connectivity index (χ1) is 16.6. The van der Waals surface area contributed by atoms with Crippen LogP contribution in [0.25, 0.3) is 0 Å². The van der Waals surface area contributed by atoms with Crippen molar-refractivity contribution < 1.29 is 29.0 Å². The van der Waals surface area contributed by atoms with E-state index in [2.05, 4.69) is 17.2 Å². The number of nitrogens with one attached hydrogen (secondary N) is 2. The van der Waals surface area contributed by atoms with Crippen LogP contribution in [0, 0.1) is 5.92 Å². The monoisotopic (exact) mass is 489 g/mol. The van der Waals surface area contributed by atoms with Crippen LogP contribution in [0.2, 0.25) is 0 Å². The number of aliphatic carboxylic acids is 1. The summed E-state index contributed by atoms with van der Waals surface area (Å²) >= 11 is 0. The van der Waals surface area contributed by atoms with Crippen LogP contribution in [-0.2, 0) is 30.3 Å². The third kappa shape index (κ3) is 11.2. The van der Waals surface area contributed by atoms with Crippen LogP contribution in [0.15, 0.2) is 42.5 Å². The second-order valence-electron chi connectivity index (χ2n) is 8.82. The molecule has 9 nitrogen and oxygen atoms in total. The van der Waals surface area contributed by atoms with Crippen LogP contribution in [-0.4, -0.2) is 72.6 Å². The molecule has 194 valence electrons. The fraction of sp³-hybridized carbons (Fsp3) is 0.538. The lowest BCUT2D eigenvalue weighted by Gasteiger charge is -2.31. The van der Waals surface area contributed by atoms with Gasteiger partial charge in [-0.1, -0.05) is 56.2 Å². The summed E-state index contributed by atoms with van der Waals surface area (Å²) in [5.41, 5.74) is 1.65. The van der Waals surface area contributed by atoms with Crippen molar-refractivity contribution in [2.75, 3.05) is 26.8 Å². The molecule has 0 spiro atoms. The molecule has 35 heavy (non-hydrogen) atoms. The predicted molar refractivity (Wildman–Crippen MR) is 134 cm³/mol. The number of hydrogen-bond donors (Lipinski definition) is 3. The highest BCUT2D eigenvalue weighted by Gasteiger charge is 2.32. The quantitative estimate of drug-likeness (QED) is 0.241. The first-order valence-electron chi connectivity index (χ1n) is 11.9. The fourth-order valence-corrected chi connectivity index (χ4v) is 3.53. The van der Waals surface area contributed by atoms with E-state index in [0.717, 1.165) is 24.0 Å². The highest BCUT2D eigenvalue weighted by molar-refractivity contribution is 5.93. The molecule has 0 bridgehead atoms. The van der Waals surface area contributed by atoms with E-state index in [-0.39, 0.29) is 24.9 Å². The molecule has 3 atom stereocenters. The van der Waals surface area contributed by atoms with Gasteiger partial charge < -0.3 is 25.4 Å². The molecule has 1 unspecified atom stereocenters. The number of benzene rings is 1. The smallest absolute Gasteiger partial charge is 0.322 e. The van der Waals surface area contributed by atoms with Gasteiger partial charge in [0.05, 0.1) is 6.61 Å². The first-order valence-corrected chi connectivity index (χ1v) is 11.9. The molecular weight excluding hydrogens is 450 g/mol. The van der Waals surface area contributed by atoms with Gasteiger partial charge in [0, 0.05) is 26.0 Å². The number of amides is 3. The van der Waals surface area contributed by atoms with Crippen molar-refractivity contribution in [1.82, 2.24) is 15.5 Å². The summed E-state index contributed by atoms with van der Waals surface area (Å²) in [4.78, 5) is 51.4. The van der Waals surface area contributed by atoms with Gasteiger partial charge in [-0.2, -0.15) is 0 Å². The number of carbonyl (C=O) groups excluding carboxylic acids is 3. The molecule has 1 rings (SSSR count). The van der Waals surface area contributed by atoms with Crippen molar-refractivity contribution in [2.24, 2.45) is 5.92 Å². The maximum atomic E-state index is 13.3. The second kappa shape index (κ2) is 15.7. The van der Waals surface area contributed by atoms with Crippen LogP contribution in [0.5, 0.6) is 0 Å². The van der Waals surface area contributed by atoms with Gasteiger partial charge >= 0.3 is 5.97 Å². The van der Waals surface area contributed by atoms with Crippen molar-refractivity contribution in [3.63, 3.8) is 0 Å². The summed E-state index contributed by atoms with van der Waals surface area (Å²) in [7, 11) is 1.54. The molecule has 0 aliphatic heterocycles. The number of unbranched alkanes of at least 4 members (excludes halogenated alkanes) is 1. The van der Waals surface area contributed by atoms with Gasteiger partial charge in [-0.05, 0) is 25.3 Å². The Balaban J connectivity index is 3.09. The highest BCUT2D eigenvalue weighted by Crippen LogP contribution is 2.14. The largest absolute Gasteiger partial charge is 0.480 e. The van der Waals surface area contributed by atoms with E-state index in [1.807, 2.05) is 44.2 Å². The summed E-state index contributed by atoms with van der Waals surface area (Å²) in [6.45, 7) is 9.34. The van der Waals surface area contributed by atoms with Crippen molar-refractivity contribution in [3.8, 4) is 0 Å². The van der Waals surface area contributed by atoms with Gasteiger partial charge in [-0.15, -0.1) is 6.58 Å². The fourth-order valence-electron chi connectivity index (χ4n) is 3.53. The Kier molecular flexibility index (Phi) is 13.3. The molecule has 0 aliphatic rings. The van der Waals surface area contributed by atoms with Crippen LogP contribution < -0.4 is 10.6 Å². The van der Waals surface area contributed by atoms with Crippen LogP contribution in [0.3, 0.4) is 0 Å². The summed E-state index contributed by atoms with van der Waals surface area (Å²) in [6.07, 6.45) is 2.38. The number of nitrogens with zero attached hydrogens (tertiary/aromatic N) is 1. The average molecular weight is 490 g/mol. The van der Waals surface area contributed by atoms with Gasteiger partial charge in [0.25, 0.3) is 0 Å². The number of allylic oxidation sites excluding steroid dienone is 1. The van der Waals surface area contributed by atoms with Crippen molar-refractivity contribution in [2.45, 2.75) is 58.5 Å². The highest BCUT2D eigenvalue weighted by atomic mass is 16.5. The minimum atomic E-state index is -1.19. The van der Waals surface area contributed by atoms with E-state index < -0.39 is 36.4 Å². The standard InChI is InChI=1S/C26H39N3O6/c1-6-7-13-35-17-22(29(5)26(34)19(4)14-18(2)3)25(33)28-21(24(32)27-16-23(30)31)15-20-11-9-8-10-12-20/h8-12,19,21-22H,2,6-7,13-17H2,1,3-5H3,(H,27,32)(H,28,33)(H,30,31)/t19?,21-,22-/m1/s1. The average Bonchev–Trinajstić information content (AvgIpc) is 2.81. The third-order valence-electron chi connectivity index (χ3n) is 5.44. The molecule has 0 aliphatic carbocycles. The second-order valence-corrected chi connectivity index (χ2v) is 8.82. The van der Waals surface area contributed by atoms with Crippen LogP contribution in [0.4, 0.5) is 0 Å². The number of rotatable bonds is 16. The maximum Gasteiger partial charge on any atom is 0.322 e. The van der Waals surface area contributed by atoms with E-state index in [1.165, 1.54) is 4.90 Å². The lowest BCUT2D eigenvalue weighted by atomic mass is 10.0. The maximum absolute atomic E-state index is 13.3. The van der Waals surface area contributed by atoms with Crippen molar-refractivity contribution in [3.05, 3.63) is 48.0 Å². The Morgan fingerprint density at radius 2 is 1.80 bits per heavy atom. The SMILES string of the molecule is C=C(C)CC(C)C(=O)N(C)[C@H](COCCCC)C(=O)N[C@H](Cc1ccccc1)C(=O)NCC(=O)O. The molecule has 9 heteroatoms. The summed E-state index contributed by atoms with van der Waals surface area (Å²) in [5, 5.41) is 14.0. The Morgan fingerprint density at radius 1 is 1.14 bits per heavy atom. The number of carbonyl (C=O) groups is 4. The summed E-state index contributed by atoms with van der Waals surface area (Å²) in [5.74, 6) is -2.97. The molecule has 1 aromatic rings. The van der Waals surface area contributed by atoms with Gasteiger partial charge in [-0.25, -0.2) is 0 Å². The zero-order chi connectivity index (χ0) is 26.4. The lowest BCUT2D eigenvalue weighted by molar-refractivity contribution is -0.144. The van der Waals surface area contributed by atoms with Crippen molar-refractivity contribution in [1.29, 1.82) is 0 Å². The summed E-state index contributed by atoms with van der Waals surface area (Å²) < 4.78 is 5.68. The van der Waals surface area contributed by atoms with E-state index in [0.29, 0.717) is 13.0 Å². The Morgan fingerprint density at radius 3 is 2.37 bits per heavy atom. The number of carboxylic acid groups (broad SMARTS) is 1. The van der Waals surface area contributed by atoms with E-state index in [1.54, 1.807) is 14.0 Å². The van der Waals surface area contributed by atoms with Crippen molar-refractivity contribution >= 4 is 23.7 Å². The zero-order valence-electron chi connectivity index (χ0n) is 21.2. The minimum Gasteiger partial charge on any atom is -0.480 e. The topological polar surface area (TPSA) is 125 Å². The molecule has 3 N–H and O–H groups in total. The normalized spacial score (nSPS) is 13.3. The van der Waals surface area contributed by atoms with Crippen LogP contribution in [0.1, 0.15) is 45.6 Å². The zero-order valence-corrected chi connectivity index (χ0v) is 21.2. The molecule has 0 fully saturated rings. The summed E-state index contributed by atoms with van der Waals surface area (Å²) in [6, 6.07) is 7.08. The van der Waals surface area contributed by atoms with E-state index >= 15 is 0 Å². The third-order valence-corrected chi connectivity index (χ3v) is 5.44. The number of ether oxygens (including phenoxy) is 1. The molecule has 0 aromatic heterocycles. The molecule has 3 amide bonds. The van der Waals surface area contributed by atoms with E-state index in [9.17, 15) is 19.2 Å². The van der Waals surface area contributed by atoms with Gasteiger partial charge in [-0.3, -0.25) is 19.2 Å². The number of carboxylic acids is 1. The first kappa shape index (κ1) is 29.8. The molecule has 0 heterocycles. The molecular formula is C26H39N3O6. The van der Waals surface area contributed by atoms with Crippen LogP contribution >= 0.6 is 0 Å². The molecule has 0 saturated heterocycles. The number of likely N-dealkylation sites (N-methyl/N-ethyl adjacent to an activating group) is 1. The van der Waals surface area contributed by atoms with Gasteiger partial charge in [0.2, 0.25) is 17.7 Å². The molecule has 1 aromatic carbocycles. The van der Waals surface area contributed by atoms with E-state index in [4.69, 9.17) is 9.84 Å². The van der Waals surface area contributed by atoms with Gasteiger partial charge in [0.15, 0.2) is 0 Å². The minimum absolute atomic E-state index is 0.0251. The lowest BCUT2D eigenvalue weighted by Crippen LogP contribution is -2.57. The Labute approximate surface area is 207 Å².